The van der Waals surface area contributed by atoms with E-state index < -0.39 is 35.5 Å². The molecule has 35 heavy (non-hydrogen) atoms. The molecule has 0 spiro atoms. The van der Waals surface area contributed by atoms with Gasteiger partial charge in [0.2, 0.25) is 0 Å². The molecule has 0 fully saturated rings. The third kappa shape index (κ3) is 21.2. The zero-order chi connectivity index (χ0) is 26.3. The highest BCUT2D eigenvalue weighted by molar-refractivity contribution is 8.00. The maximum absolute atomic E-state index is 11.9. The Bertz CT molecular complexity index is 601. The van der Waals surface area contributed by atoms with E-state index in [0.717, 1.165) is 24.8 Å². The van der Waals surface area contributed by atoms with E-state index in [1.165, 1.54) is 6.92 Å². The molecule has 2 atom stereocenters. The quantitative estimate of drug-likeness (QED) is 0.0763. The summed E-state index contributed by atoms with van der Waals surface area (Å²) in [7, 11) is 0. The maximum atomic E-state index is 11.9. The van der Waals surface area contributed by atoms with Crippen molar-refractivity contribution in [2.75, 3.05) is 65.2 Å². The average Bonchev–Trinajstić information content (AvgIpc) is 2.80. The SMILES string of the molecule is CCCOCCOCCOOCCOCCOC(=O)CCC(CSC(CC(=O)O)C(=O)O)C(C)=O. The molecule has 0 amide bonds. The van der Waals surface area contributed by atoms with E-state index in [9.17, 15) is 19.2 Å². The second-order valence-corrected chi connectivity index (χ2v) is 8.54. The Morgan fingerprint density at radius 3 is 1.86 bits per heavy atom. The van der Waals surface area contributed by atoms with E-state index in [1.54, 1.807) is 0 Å². The molecule has 0 bridgehead atoms. The van der Waals surface area contributed by atoms with Gasteiger partial charge in [0.25, 0.3) is 0 Å². The van der Waals surface area contributed by atoms with Crippen LogP contribution in [0.15, 0.2) is 0 Å². The number of carbonyl (C=O) groups is 4. The third-order valence-corrected chi connectivity index (χ3v) is 5.69. The van der Waals surface area contributed by atoms with Gasteiger partial charge >= 0.3 is 17.9 Å². The number of carbonyl (C=O) groups excluding carboxylic acids is 2. The highest BCUT2D eigenvalue weighted by Gasteiger charge is 2.25. The molecule has 13 heteroatoms. The lowest BCUT2D eigenvalue weighted by Crippen LogP contribution is -2.24. The van der Waals surface area contributed by atoms with Crippen LogP contribution in [0.1, 0.15) is 39.5 Å². The van der Waals surface area contributed by atoms with E-state index in [-0.39, 0.29) is 57.4 Å². The summed E-state index contributed by atoms with van der Waals surface area (Å²) in [5, 5.41) is 16.7. The molecule has 0 rings (SSSR count). The molecule has 2 unspecified atom stereocenters. The molecular weight excluding hydrogens is 488 g/mol. The number of ketones is 1. The first-order chi connectivity index (χ1) is 16.8. The molecule has 0 saturated heterocycles. The molecule has 2 N–H and O–H groups in total. The molecule has 0 aromatic heterocycles. The van der Waals surface area contributed by atoms with Crippen LogP contribution in [0.2, 0.25) is 0 Å². The van der Waals surface area contributed by atoms with E-state index in [2.05, 4.69) is 0 Å². The normalized spacial score (nSPS) is 12.7. The minimum absolute atomic E-state index is 0.0226. The van der Waals surface area contributed by atoms with Crippen LogP contribution in [-0.4, -0.2) is 104 Å². The number of aliphatic carboxylic acids is 2. The van der Waals surface area contributed by atoms with Crippen LogP contribution in [-0.2, 0) is 47.9 Å². The largest absolute Gasteiger partial charge is 0.481 e. The van der Waals surface area contributed by atoms with Crippen molar-refractivity contribution in [3.63, 3.8) is 0 Å². The summed E-state index contributed by atoms with van der Waals surface area (Å²) in [4.78, 5) is 55.4. The molecule has 0 aliphatic carbocycles. The van der Waals surface area contributed by atoms with Crippen molar-refractivity contribution < 1.29 is 58.1 Å². The standard InChI is InChI=1S/C22H38O12S/c1-3-6-29-7-8-30-10-13-33-34-14-11-31-9-12-32-21(26)5-4-18(17(2)23)16-35-19(22(27)28)15-20(24)25/h18-19H,3-16H2,1-2H3,(H,24,25)(H,27,28). The zero-order valence-corrected chi connectivity index (χ0v) is 21.3. The van der Waals surface area contributed by atoms with Crippen molar-refractivity contribution >= 4 is 35.5 Å². The Labute approximate surface area is 209 Å². The van der Waals surface area contributed by atoms with Crippen LogP contribution in [0.4, 0.5) is 0 Å². The molecule has 0 radical (unpaired) electrons. The minimum atomic E-state index is -1.26. The van der Waals surface area contributed by atoms with Gasteiger partial charge in [0, 0.05) is 24.7 Å². The first-order valence-electron chi connectivity index (χ1n) is 11.5. The fraction of sp³-hybridized carbons (Fsp3) is 0.818. The van der Waals surface area contributed by atoms with Gasteiger partial charge in [-0.25, -0.2) is 9.78 Å². The summed E-state index contributed by atoms with van der Waals surface area (Å²) in [6, 6.07) is 0. The van der Waals surface area contributed by atoms with Crippen molar-refractivity contribution in [3.05, 3.63) is 0 Å². The van der Waals surface area contributed by atoms with Gasteiger partial charge in [0.15, 0.2) is 0 Å². The summed E-state index contributed by atoms with van der Waals surface area (Å²) in [5.74, 6) is -3.67. The van der Waals surface area contributed by atoms with Gasteiger partial charge < -0.3 is 29.2 Å². The molecule has 0 saturated carbocycles. The Morgan fingerprint density at radius 1 is 0.800 bits per heavy atom. The molecule has 0 aliphatic heterocycles. The fourth-order valence-electron chi connectivity index (χ4n) is 2.46. The zero-order valence-electron chi connectivity index (χ0n) is 20.4. The minimum Gasteiger partial charge on any atom is -0.481 e. The van der Waals surface area contributed by atoms with Gasteiger partial charge in [-0.1, -0.05) is 6.92 Å². The second-order valence-electron chi connectivity index (χ2n) is 7.31. The summed E-state index contributed by atoms with van der Waals surface area (Å²) >= 11 is 0.878. The Balaban J connectivity index is 3.75. The van der Waals surface area contributed by atoms with Crippen LogP contribution in [0.3, 0.4) is 0 Å². The van der Waals surface area contributed by atoms with Gasteiger partial charge in [0.1, 0.15) is 30.9 Å². The third-order valence-electron chi connectivity index (χ3n) is 4.32. The van der Waals surface area contributed by atoms with Crippen molar-refractivity contribution in [3.8, 4) is 0 Å². The van der Waals surface area contributed by atoms with Gasteiger partial charge in [-0.15, -0.1) is 11.8 Å². The van der Waals surface area contributed by atoms with Gasteiger partial charge in [-0.05, 0) is 19.8 Å². The molecule has 204 valence electrons. The second kappa shape index (κ2) is 22.7. The van der Waals surface area contributed by atoms with Crippen molar-refractivity contribution in [1.82, 2.24) is 0 Å². The van der Waals surface area contributed by atoms with Gasteiger partial charge in [0.05, 0.1) is 39.5 Å². The van der Waals surface area contributed by atoms with Gasteiger partial charge in [-0.3, -0.25) is 19.2 Å². The van der Waals surface area contributed by atoms with Crippen LogP contribution in [0, 0.1) is 5.92 Å². The summed E-state index contributed by atoms with van der Waals surface area (Å²) < 4.78 is 20.8. The van der Waals surface area contributed by atoms with Crippen molar-refractivity contribution in [1.29, 1.82) is 0 Å². The molecule has 0 aromatic rings. The highest BCUT2D eigenvalue weighted by atomic mass is 32.2. The number of thioether (sulfide) groups is 1. The lowest BCUT2D eigenvalue weighted by atomic mass is 10.0. The number of rotatable bonds is 25. The Hall–Kier alpha value is -1.77. The number of hydrogen-bond donors (Lipinski definition) is 2. The van der Waals surface area contributed by atoms with E-state index >= 15 is 0 Å². The average molecular weight is 527 g/mol. The number of carboxylic acids is 2. The fourth-order valence-corrected chi connectivity index (χ4v) is 3.73. The Morgan fingerprint density at radius 2 is 1.34 bits per heavy atom. The van der Waals surface area contributed by atoms with E-state index in [0.29, 0.717) is 19.8 Å². The molecule has 0 aliphatic rings. The van der Waals surface area contributed by atoms with Crippen LogP contribution >= 0.6 is 11.8 Å². The number of carboxylic acid groups (broad SMARTS) is 2. The van der Waals surface area contributed by atoms with Crippen LogP contribution < -0.4 is 0 Å². The summed E-state index contributed by atoms with van der Waals surface area (Å²) in [5.41, 5.74) is 0. The molecule has 0 heterocycles. The number of esters is 1. The summed E-state index contributed by atoms with van der Waals surface area (Å²) in [6.45, 7) is 6.45. The Kier molecular flexibility index (Phi) is 21.5. The lowest BCUT2D eigenvalue weighted by Gasteiger charge is -2.16. The molecule has 0 aromatic carbocycles. The molecular formula is C22H38O12S. The van der Waals surface area contributed by atoms with E-state index in [1.807, 2.05) is 6.92 Å². The van der Waals surface area contributed by atoms with Crippen LogP contribution in [0.25, 0.3) is 0 Å². The number of ether oxygens (including phenoxy) is 4. The van der Waals surface area contributed by atoms with Crippen molar-refractivity contribution in [2.45, 2.75) is 44.8 Å². The topological polar surface area (TPSA) is 164 Å². The first-order valence-corrected chi connectivity index (χ1v) is 12.5. The summed E-state index contributed by atoms with van der Waals surface area (Å²) in [6.07, 6.45) is 0.583. The van der Waals surface area contributed by atoms with Crippen molar-refractivity contribution in [2.24, 2.45) is 5.92 Å². The highest BCUT2D eigenvalue weighted by Crippen LogP contribution is 2.22. The predicted molar refractivity (Wildman–Crippen MR) is 125 cm³/mol. The smallest absolute Gasteiger partial charge is 0.317 e. The number of hydrogen-bond acceptors (Lipinski definition) is 11. The molecule has 12 nitrogen and oxygen atoms in total. The maximum Gasteiger partial charge on any atom is 0.317 e. The van der Waals surface area contributed by atoms with E-state index in [4.69, 9.17) is 38.9 Å². The van der Waals surface area contributed by atoms with Crippen LogP contribution in [0.5, 0.6) is 0 Å². The monoisotopic (exact) mass is 526 g/mol. The number of Topliss-reactive ketones (excluding diaryl/α,β-unsaturated/α-hetero) is 1. The predicted octanol–water partition coefficient (Wildman–Crippen LogP) is 1.58. The lowest BCUT2D eigenvalue weighted by molar-refractivity contribution is -0.303. The van der Waals surface area contributed by atoms with Gasteiger partial charge in [-0.2, -0.15) is 0 Å². The first kappa shape index (κ1) is 33.2.